The van der Waals surface area contributed by atoms with Gasteiger partial charge >= 0.3 is 0 Å². The zero-order chi connectivity index (χ0) is 10.7. The fourth-order valence-electron chi connectivity index (χ4n) is 1.05. The molecule has 0 saturated heterocycles. The van der Waals surface area contributed by atoms with Crippen molar-refractivity contribution in [3.05, 3.63) is 11.3 Å². The van der Waals surface area contributed by atoms with Gasteiger partial charge in [-0.05, 0) is 25.4 Å². The molecule has 1 heterocycles. The monoisotopic (exact) mass is 212 g/mol. The molecule has 0 aromatic carbocycles. The van der Waals surface area contributed by atoms with Crippen molar-refractivity contribution in [2.45, 2.75) is 20.8 Å². The second-order valence-corrected chi connectivity index (χ2v) is 3.68. The van der Waals surface area contributed by atoms with Gasteiger partial charge in [-0.15, -0.1) is 0 Å². The Morgan fingerprint density at radius 3 is 2.64 bits per heavy atom. The summed E-state index contributed by atoms with van der Waals surface area (Å²) in [5.74, 6) is -0.205. The first-order valence-corrected chi connectivity index (χ1v) is 4.82. The number of nitrogens with one attached hydrogen (secondary N) is 1. The minimum absolute atomic E-state index is 0.205. The molecule has 76 valence electrons. The number of hydrogen-bond donors (Lipinski definition) is 2. The van der Waals surface area contributed by atoms with E-state index in [0.717, 1.165) is 11.3 Å². The lowest BCUT2D eigenvalue weighted by Crippen LogP contribution is -2.15. The van der Waals surface area contributed by atoms with Crippen LogP contribution in [0.2, 0.25) is 0 Å². The highest BCUT2D eigenvalue weighted by molar-refractivity contribution is 7.10. The SMILES string of the molecule is CC(=O)N/N=C(\C)c1c(C)nsc1N. The Morgan fingerprint density at radius 2 is 2.21 bits per heavy atom. The van der Waals surface area contributed by atoms with Crippen molar-refractivity contribution < 1.29 is 4.79 Å². The highest BCUT2D eigenvalue weighted by Crippen LogP contribution is 2.21. The molecule has 0 aliphatic rings. The third-order valence-corrected chi connectivity index (χ3v) is 2.40. The van der Waals surface area contributed by atoms with Crippen molar-refractivity contribution in [2.24, 2.45) is 5.10 Å². The Labute approximate surface area is 86.2 Å². The van der Waals surface area contributed by atoms with Gasteiger partial charge in [-0.1, -0.05) is 0 Å². The number of carbonyl (C=O) groups excluding carboxylic acids is 1. The maximum absolute atomic E-state index is 10.6. The van der Waals surface area contributed by atoms with Gasteiger partial charge in [0.2, 0.25) is 5.91 Å². The Bertz CT molecular complexity index is 363. The quantitative estimate of drug-likeness (QED) is 0.564. The van der Waals surface area contributed by atoms with Gasteiger partial charge in [0, 0.05) is 6.92 Å². The topological polar surface area (TPSA) is 80.4 Å². The van der Waals surface area contributed by atoms with Gasteiger partial charge in [-0.2, -0.15) is 9.47 Å². The number of hydrogen-bond acceptors (Lipinski definition) is 5. The van der Waals surface area contributed by atoms with Crippen LogP contribution >= 0.6 is 11.5 Å². The molecule has 1 aromatic rings. The van der Waals surface area contributed by atoms with Gasteiger partial charge in [0.25, 0.3) is 0 Å². The zero-order valence-corrected chi connectivity index (χ0v) is 9.10. The highest BCUT2D eigenvalue weighted by atomic mass is 32.1. The minimum Gasteiger partial charge on any atom is -0.389 e. The van der Waals surface area contributed by atoms with Gasteiger partial charge in [0.15, 0.2) is 0 Å². The molecular weight excluding hydrogens is 200 g/mol. The molecule has 0 aliphatic carbocycles. The summed E-state index contributed by atoms with van der Waals surface area (Å²) in [6.07, 6.45) is 0. The van der Waals surface area contributed by atoms with Crippen LogP contribution < -0.4 is 11.2 Å². The summed E-state index contributed by atoms with van der Waals surface area (Å²) < 4.78 is 4.09. The first kappa shape index (κ1) is 10.6. The largest absolute Gasteiger partial charge is 0.389 e. The first-order valence-electron chi connectivity index (χ1n) is 4.05. The van der Waals surface area contributed by atoms with Gasteiger partial charge in [-0.3, -0.25) is 4.79 Å². The zero-order valence-electron chi connectivity index (χ0n) is 8.29. The molecule has 0 radical (unpaired) electrons. The molecule has 0 spiro atoms. The average Bonchev–Trinajstić information content (AvgIpc) is 2.42. The summed E-state index contributed by atoms with van der Waals surface area (Å²) in [7, 11) is 0. The normalized spacial score (nSPS) is 11.5. The lowest BCUT2D eigenvalue weighted by molar-refractivity contribution is -0.118. The maximum Gasteiger partial charge on any atom is 0.236 e. The van der Waals surface area contributed by atoms with Crippen molar-refractivity contribution in [3.63, 3.8) is 0 Å². The molecule has 0 aliphatic heterocycles. The minimum atomic E-state index is -0.205. The molecule has 1 rings (SSSR count). The van der Waals surface area contributed by atoms with E-state index >= 15 is 0 Å². The third-order valence-electron chi connectivity index (χ3n) is 1.63. The van der Waals surface area contributed by atoms with E-state index in [-0.39, 0.29) is 5.91 Å². The van der Waals surface area contributed by atoms with Crippen LogP contribution in [-0.2, 0) is 4.79 Å². The average molecular weight is 212 g/mol. The van der Waals surface area contributed by atoms with E-state index in [1.807, 2.05) is 6.92 Å². The summed E-state index contributed by atoms with van der Waals surface area (Å²) in [6, 6.07) is 0. The second-order valence-electron chi connectivity index (χ2n) is 2.87. The Balaban J connectivity index is 2.93. The Kier molecular flexibility index (Phi) is 3.19. The Hall–Kier alpha value is -1.43. The van der Waals surface area contributed by atoms with Crippen molar-refractivity contribution >= 4 is 28.2 Å². The second kappa shape index (κ2) is 4.19. The van der Waals surface area contributed by atoms with Crippen LogP contribution in [0.25, 0.3) is 0 Å². The lowest BCUT2D eigenvalue weighted by atomic mass is 10.2. The summed E-state index contributed by atoms with van der Waals surface area (Å²) in [5.41, 5.74) is 10.4. The standard InChI is InChI=1S/C8H12N4OS/c1-4(10-11-6(3)13)7-5(2)12-14-8(7)9/h9H2,1-3H3,(H,11,13)/b10-4+. The number of aromatic nitrogens is 1. The molecule has 3 N–H and O–H groups in total. The number of anilines is 1. The number of nitrogens with zero attached hydrogens (tertiary/aromatic N) is 2. The van der Waals surface area contributed by atoms with Crippen LogP contribution in [0.3, 0.4) is 0 Å². The number of aryl methyl sites for hydroxylation is 1. The van der Waals surface area contributed by atoms with Crippen LogP contribution in [0.4, 0.5) is 5.00 Å². The lowest BCUT2D eigenvalue weighted by Gasteiger charge is -2.00. The summed E-state index contributed by atoms with van der Waals surface area (Å²) in [4.78, 5) is 10.6. The van der Waals surface area contributed by atoms with Crippen molar-refractivity contribution in [2.75, 3.05) is 5.73 Å². The summed E-state index contributed by atoms with van der Waals surface area (Å²) >= 11 is 1.23. The number of amides is 1. The molecular formula is C8H12N4OS. The molecule has 6 heteroatoms. The summed E-state index contributed by atoms with van der Waals surface area (Å²) in [6.45, 7) is 5.04. The fraction of sp³-hybridized carbons (Fsp3) is 0.375. The molecule has 0 fully saturated rings. The molecule has 14 heavy (non-hydrogen) atoms. The molecule has 0 saturated carbocycles. The van der Waals surface area contributed by atoms with Crippen molar-refractivity contribution in [1.82, 2.24) is 9.80 Å². The number of nitrogens with two attached hydrogens (primary N) is 1. The van der Waals surface area contributed by atoms with E-state index < -0.39 is 0 Å². The van der Waals surface area contributed by atoms with E-state index in [0.29, 0.717) is 10.7 Å². The van der Waals surface area contributed by atoms with Crippen LogP contribution in [-0.4, -0.2) is 16.0 Å². The van der Waals surface area contributed by atoms with E-state index in [9.17, 15) is 4.79 Å². The molecule has 0 bridgehead atoms. The predicted octanol–water partition coefficient (Wildman–Crippen LogP) is 0.894. The van der Waals surface area contributed by atoms with Gasteiger partial charge in [0.05, 0.1) is 17.0 Å². The van der Waals surface area contributed by atoms with E-state index in [1.165, 1.54) is 18.5 Å². The highest BCUT2D eigenvalue weighted by Gasteiger charge is 2.10. The fourth-order valence-corrected chi connectivity index (χ4v) is 1.76. The number of hydrazone groups is 1. The third kappa shape index (κ3) is 2.29. The van der Waals surface area contributed by atoms with E-state index in [4.69, 9.17) is 5.73 Å². The molecule has 1 amide bonds. The van der Waals surface area contributed by atoms with Gasteiger partial charge < -0.3 is 5.73 Å². The van der Waals surface area contributed by atoms with Crippen LogP contribution in [0.5, 0.6) is 0 Å². The maximum atomic E-state index is 10.6. The van der Waals surface area contributed by atoms with Crippen LogP contribution in [0.1, 0.15) is 25.1 Å². The predicted molar refractivity (Wildman–Crippen MR) is 57.3 cm³/mol. The van der Waals surface area contributed by atoms with E-state index in [2.05, 4.69) is 14.9 Å². The number of carbonyl (C=O) groups is 1. The first-order chi connectivity index (χ1) is 6.52. The van der Waals surface area contributed by atoms with Crippen molar-refractivity contribution in [1.29, 1.82) is 0 Å². The molecule has 0 atom stereocenters. The smallest absolute Gasteiger partial charge is 0.236 e. The van der Waals surface area contributed by atoms with Gasteiger partial charge in [-0.25, -0.2) is 5.43 Å². The summed E-state index contributed by atoms with van der Waals surface area (Å²) in [5, 5.41) is 4.51. The number of rotatable bonds is 2. The molecule has 1 aromatic heterocycles. The van der Waals surface area contributed by atoms with Crippen LogP contribution in [0.15, 0.2) is 5.10 Å². The number of nitrogen functional groups attached to an aromatic ring is 1. The Morgan fingerprint density at radius 1 is 1.57 bits per heavy atom. The molecule has 5 nitrogen and oxygen atoms in total. The molecule has 0 unspecified atom stereocenters. The van der Waals surface area contributed by atoms with E-state index in [1.54, 1.807) is 6.92 Å². The van der Waals surface area contributed by atoms with Crippen LogP contribution in [0, 0.1) is 6.92 Å². The van der Waals surface area contributed by atoms with Gasteiger partial charge in [0.1, 0.15) is 5.00 Å². The van der Waals surface area contributed by atoms with Crippen molar-refractivity contribution in [3.8, 4) is 0 Å².